The van der Waals surface area contributed by atoms with Gasteiger partial charge in [-0.25, -0.2) is 4.79 Å². The third-order valence-electron chi connectivity index (χ3n) is 3.63. The van der Waals surface area contributed by atoms with Gasteiger partial charge in [-0.15, -0.1) is 0 Å². The van der Waals surface area contributed by atoms with E-state index in [0.29, 0.717) is 6.42 Å². The van der Waals surface area contributed by atoms with E-state index in [0.717, 1.165) is 16.5 Å². The van der Waals surface area contributed by atoms with E-state index in [1.54, 1.807) is 0 Å². The van der Waals surface area contributed by atoms with E-state index in [9.17, 15) is 9.59 Å². The van der Waals surface area contributed by atoms with E-state index < -0.39 is 17.6 Å². The molecule has 0 fully saturated rings. The smallest absolute Gasteiger partial charge is 0.407 e. The molecule has 2 aromatic rings. The molecule has 0 aliphatic carbocycles. The molecule has 1 atom stereocenters. The van der Waals surface area contributed by atoms with Crippen LogP contribution >= 0.6 is 0 Å². The zero-order chi connectivity index (χ0) is 16.3. The van der Waals surface area contributed by atoms with E-state index in [4.69, 9.17) is 0 Å². The predicted molar refractivity (Wildman–Crippen MR) is 85.8 cm³/mol. The number of fused-ring (bicyclic) bond motifs is 1. The third-order valence-corrected chi connectivity index (χ3v) is 3.63. The molecule has 2 N–H and O–H groups in total. The highest BCUT2D eigenvalue weighted by Gasteiger charge is 2.31. The first-order chi connectivity index (χ1) is 10.3. The molecule has 0 aliphatic heterocycles. The van der Waals surface area contributed by atoms with Crippen LogP contribution in [0.2, 0.25) is 0 Å². The van der Waals surface area contributed by atoms with Crippen LogP contribution in [0.5, 0.6) is 0 Å². The summed E-state index contributed by atoms with van der Waals surface area (Å²) in [5.41, 5.74) is 1.46. The maximum absolute atomic E-state index is 12.6. The van der Waals surface area contributed by atoms with Gasteiger partial charge in [-0.05, 0) is 11.6 Å². The van der Waals surface area contributed by atoms with Gasteiger partial charge < -0.3 is 15.0 Å². The number of para-hydroxylation sites is 1. The van der Waals surface area contributed by atoms with Crippen LogP contribution in [-0.2, 0) is 16.0 Å². The fourth-order valence-electron chi connectivity index (χ4n) is 2.45. The van der Waals surface area contributed by atoms with Crippen molar-refractivity contribution in [2.45, 2.75) is 33.2 Å². The maximum Gasteiger partial charge on any atom is 0.407 e. The molecule has 1 aromatic heterocycles. The van der Waals surface area contributed by atoms with Gasteiger partial charge in [0.1, 0.15) is 0 Å². The number of aromatic nitrogens is 1. The van der Waals surface area contributed by atoms with Crippen LogP contribution in [0.1, 0.15) is 26.3 Å². The third kappa shape index (κ3) is 3.47. The zero-order valence-corrected chi connectivity index (χ0v) is 13.4. The Hall–Kier alpha value is -2.30. The second-order valence-electron chi connectivity index (χ2n) is 6.37. The molecular formula is C17H22N2O3. The summed E-state index contributed by atoms with van der Waals surface area (Å²) in [5, 5.41) is 3.71. The molecule has 5 nitrogen and oxygen atoms in total. The van der Waals surface area contributed by atoms with Crippen LogP contribution in [0, 0.1) is 5.41 Å². The van der Waals surface area contributed by atoms with Gasteiger partial charge >= 0.3 is 6.09 Å². The molecule has 0 spiro atoms. The molecule has 0 saturated carbocycles. The Morgan fingerprint density at radius 2 is 1.95 bits per heavy atom. The minimum atomic E-state index is -0.619. The van der Waals surface area contributed by atoms with Crippen molar-refractivity contribution in [2.75, 3.05) is 7.11 Å². The molecule has 22 heavy (non-hydrogen) atoms. The Morgan fingerprint density at radius 1 is 1.27 bits per heavy atom. The summed E-state index contributed by atoms with van der Waals surface area (Å²) >= 11 is 0. The number of benzene rings is 1. The number of amides is 1. The fraction of sp³-hybridized carbons (Fsp3) is 0.412. The second kappa shape index (κ2) is 6.22. The highest BCUT2D eigenvalue weighted by atomic mass is 16.5. The van der Waals surface area contributed by atoms with Gasteiger partial charge in [-0.2, -0.15) is 0 Å². The van der Waals surface area contributed by atoms with E-state index in [1.807, 2.05) is 51.2 Å². The van der Waals surface area contributed by atoms with Crippen LogP contribution < -0.4 is 5.32 Å². The molecule has 118 valence electrons. The van der Waals surface area contributed by atoms with Gasteiger partial charge in [0.25, 0.3) is 0 Å². The summed E-state index contributed by atoms with van der Waals surface area (Å²) in [5.74, 6) is -0.0248. The molecule has 1 unspecified atom stereocenters. The van der Waals surface area contributed by atoms with Crippen molar-refractivity contribution in [3.05, 3.63) is 36.0 Å². The Labute approximate surface area is 130 Å². The highest BCUT2D eigenvalue weighted by molar-refractivity contribution is 5.92. The molecular weight excluding hydrogens is 280 g/mol. The van der Waals surface area contributed by atoms with Crippen molar-refractivity contribution in [1.82, 2.24) is 10.3 Å². The normalized spacial score (nSPS) is 12.9. The maximum atomic E-state index is 12.6. The predicted octanol–water partition coefficient (Wildman–Crippen LogP) is 3.05. The number of nitrogens with one attached hydrogen (secondary N) is 2. The topological polar surface area (TPSA) is 71.2 Å². The summed E-state index contributed by atoms with van der Waals surface area (Å²) in [6, 6.07) is 7.26. The Morgan fingerprint density at radius 3 is 2.59 bits per heavy atom. The lowest BCUT2D eigenvalue weighted by atomic mass is 9.84. The summed E-state index contributed by atoms with van der Waals surface area (Å²) in [6.07, 6.45) is 1.71. The molecule has 0 radical (unpaired) electrons. The number of carbonyl (C=O) groups is 2. The van der Waals surface area contributed by atoms with Crippen molar-refractivity contribution >= 4 is 22.8 Å². The Kier molecular flexibility index (Phi) is 4.54. The van der Waals surface area contributed by atoms with Crippen LogP contribution in [0.3, 0.4) is 0 Å². The number of H-pyrrole nitrogens is 1. The monoisotopic (exact) mass is 302 g/mol. The van der Waals surface area contributed by atoms with Gasteiger partial charge in [0.05, 0.1) is 13.2 Å². The Bertz CT molecular complexity index is 683. The lowest BCUT2D eigenvalue weighted by molar-refractivity contribution is -0.128. The average molecular weight is 302 g/mol. The lowest BCUT2D eigenvalue weighted by Crippen LogP contribution is -2.46. The first-order valence-electron chi connectivity index (χ1n) is 7.26. The standard InChI is InChI=1S/C17H22N2O3/c1-17(2,3)15(20)14(19-16(21)22-4)9-11-10-18-13-8-6-5-7-12(11)13/h5-8,10,14,18H,9H2,1-4H3,(H,19,21). The molecule has 1 aromatic carbocycles. The van der Waals surface area contributed by atoms with Gasteiger partial charge in [0, 0.05) is 28.9 Å². The first-order valence-corrected chi connectivity index (χ1v) is 7.26. The van der Waals surface area contributed by atoms with E-state index in [2.05, 4.69) is 15.0 Å². The van der Waals surface area contributed by atoms with Crippen molar-refractivity contribution < 1.29 is 14.3 Å². The van der Waals surface area contributed by atoms with Crippen LogP contribution in [0.15, 0.2) is 30.5 Å². The van der Waals surface area contributed by atoms with Crippen molar-refractivity contribution in [1.29, 1.82) is 0 Å². The number of hydrogen-bond donors (Lipinski definition) is 2. The van der Waals surface area contributed by atoms with Crippen molar-refractivity contribution in [2.24, 2.45) is 5.41 Å². The SMILES string of the molecule is COC(=O)NC(Cc1c[nH]c2ccccc12)C(=O)C(C)(C)C. The summed E-state index contributed by atoms with van der Waals surface area (Å²) < 4.78 is 4.64. The van der Waals surface area contributed by atoms with Crippen LogP contribution in [0.25, 0.3) is 10.9 Å². The number of Topliss-reactive ketones (excluding diaryl/α,β-unsaturated/α-hetero) is 1. The molecule has 0 saturated heterocycles. The number of rotatable bonds is 4. The van der Waals surface area contributed by atoms with Gasteiger partial charge in [0.2, 0.25) is 0 Å². The molecule has 1 heterocycles. The number of ketones is 1. The Balaban J connectivity index is 2.29. The molecule has 5 heteroatoms. The van der Waals surface area contributed by atoms with E-state index >= 15 is 0 Å². The quantitative estimate of drug-likeness (QED) is 0.912. The van der Waals surface area contributed by atoms with Gasteiger partial charge in [-0.1, -0.05) is 39.0 Å². The zero-order valence-electron chi connectivity index (χ0n) is 13.4. The first kappa shape index (κ1) is 16.1. The summed E-state index contributed by atoms with van der Waals surface area (Å²) in [7, 11) is 1.29. The second-order valence-corrected chi connectivity index (χ2v) is 6.37. The van der Waals surface area contributed by atoms with Crippen LogP contribution in [0.4, 0.5) is 4.79 Å². The van der Waals surface area contributed by atoms with Gasteiger partial charge in [-0.3, -0.25) is 4.79 Å². The summed E-state index contributed by atoms with van der Waals surface area (Å²) in [4.78, 5) is 27.3. The summed E-state index contributed by atoms with van der Waals surface area (Å²) in [6.45, 7) is 5.53. The lowest BCUT2D eigenvalue weighted by Gasteiger charge is -2.25. The largest absolute Gasteiger partial charge is 0.453 e. The highest BCUT2D eigenvalue weighted by Crippen LogP contribution is 2.23. The minimum Gasteiger partial charge on any atom is -0.453 e. The van der Waals surface area contributed by atoms with Crippen molar-refractivity contribution in [3.63, 3.8) is 0 Å². The molecule has 2 rings (SSSR count). The molecule has 0 aliphatic rings. The van der Waals surface area contributed by atoms with Gasteiger partial charge in [0.15, 0.2) is 5.78 Å². The number of alkyl carbamates (subject to hydrolysis) is 1. The minimum absolute atomic E-state index is 0.0248. The number of hydrogen-bond acceptors (Lipinski definition) is 3. The number of aromatic amines is 1. The molecule has 1 amide bonds. The number of carbonyl (C=O) groups excluding carboxylic acids is 2. The van der Waals surface area contributed by atoms with E-state index in [1.165, 1.54) is 7.11 Å². The van der Waals surface area contributed by atoms with Crippen molar-refractivity contribution in [3.8, 4) is 0 Å². The number of ether oxygens (including phenoxy) is 1. The number of methoxy groups -OCH3 is 1. The fourth-order valence-corrected chi connectivity index (χ4v) is 2.45. The van der Waals surface area contributed by atoms with E-state index in [-0.39, 0.29) is 5.78 Å². The van der Waals surface area contributed by atoms with Crippen LogP contribution in [-0.4, -0.2) is 30.0 Å². The molecule has 0 bridgehead atoms. The average Bonchev–Trinajstić information content (AvgIpc) is 2.88.